The van der Waals surface area contributed by atoms with Crippen LogP contribution in [0.5, 0.6) is 0 Å². The molecule has 0 saturated carbocycles. The molecule has 4 heteroatoms. The van der Waals surface area contributed by atoms with Gasteiger partial charge < -0.3 is 5.73 Å². The van der Waals surface area contributed by atoms with Crippen LogP contribution in [-0.4, -0.2) is 10.9 Å². The third-order valence-electron chi connectivity index (χ3n) is 1.27. The SMILES string of the molecule is CC(C)c1nc(C(N)=O)cs1. The van der Waals surface area contributed by atoms with E-state index in [2.05, 4.69) is 4.98 Å². The van der Waals surface area contributed by atoms with E-state index in [1.54, 1.807) is 5.38 Å². The van der Waals surface area contributed by atoms with E-state index in [0.29, 0.717) is 11.6 Å². The van der Waals surface area contributed by atoms with Crippen molar-refractivity contribution in [1.82, 2.24) is 4.98 Å². The average molecular weight is 170 g/mol. The molecule has 0 radical (unpaired) electrons. The minimum absolute atomic E-state index is 0.369. The number of amides is 1. The lowest BCUT2D eigenvalue weighted by Crippen LogP contribution is -2.11. The number of primary amides is 1. The van der Waals surface area contributed by atoms with E-state index in [4.69, 9.17) is 5.73 Å². The molecule has 11 heavy (non-hydrogen) atoms. The molecular weight excluding hydrogens is 160 g/mol. The van der Waals surface area contributed by atoms with Crippen molar-refractivity contribution >= 4 is 17.2 Å². The minimum Gasteiger partial charge on any atom is -0.364 e. The minimum atomic E-state index is -0.451. The maximum Gasteiger partial charge on any atom is 0.268 e. The highest BCUT2D eigenvalue weighted by Gasteiger charge is 2.08. The zero-order valence-corrected chi connectivity index (χ0v) is 7.31. The van der Waals surface area contributed by atoms with Gasteiger partial charge in [-0.3, -0.25) is 4.79 Å². The molecule has 1 rings (SSSR count). The number of carbonyl (C=O) groups is 1. The van der Waals surface area contributed by atoms with Gasteiger partial charge >= 0.3 is 0 Å². The maximum atomic E-state index is 10.6. The molecule has 0 atom stereocenters. The zero-order valence-electron chi connectivity index (χ0n) is 6.50. The molecule has 0 unspecified atom stereocenters. The van der Waals surface area contributed by atoms with Crippen molar-refractivity contribution in [2.45, 2.75) is 19.8 Å². The first kappa shape index (κ1) is 8.20. The average Bonchev–Trinajstić information content (AvgIpc) is 2.33. The van der Waals surface area contributed by atoms with Crippen LogP contribution in [0.1, 0.15) is 35.3 Å². The lowest BCUT2D eigenvalue weighted by molar-refractivity contribution is 0.0996. The summed E-state index contributed by atoms with van der Waals surface area (Å²) in [6.45, 7) is 4.06. The van der Waals surface area contributed by atoms with Crippen molar-refractivity contribution in [3.05, 3.63) is 16.1 Å². The highest BCUT2D eigenvalue weighted by molar-refractivity contribution is 7.09. The third-order valence-corrected chi connectivity index (χ3v) is 2.41. The summed E-state index contributed by atoms with van der Waals surface area (Å²) in [6.07, 6.45) is 0. The molecule has 60 valence electrons. The van der Waals surface area contributed by atoms with Crippen LogP contribution in [0.3, 0.4) is 0 Å². The molecule has 1 heterocycles. The Morgan fingerprint density at radius 1 is 1.73 bits per heavy atom. The number of hydrogen-bond donors (Lipinski definition) is 1. The summed E-state index contributed by atoms with van der Waals surface area (Å²) < 4.78 is 0. The van der Waals surface area contributed by atoms with Crippen molar-refractivity contribution in [2.75, 3.05) is 0 Å². The molecular formula is C7H10N2OS. The molecule has 0 bridgehead atoms. The monoisotopic (exact) mass is 170 g/mol. The van der Waals surface area contributed by atoms with Gasteiger partial charge in [-0.25, -0.2) is 4.98 Å². The van der Waals surface area contributed by atoms with Crippen LogP contribution in [-0.2, 0) is 0 Å². The predicted octanol–water partition coefficient (Wildman–Crippen LogP) is 1.37. The van der Waals surface area contributed by atoms with E-state index >= 15 is 0 Å². The second-order valence-electron chi connectivity index (χ2n) is 2.59. The quantitative estimate of drug-likeness (QED) is 0.728. The Kier molecular flexibility index (Phi) is 2.24. The van der Waals surface area contributed by atoms with Gasteiger partial charge in [0.15, 0.2) is 0 Å². The molecule has 3 nitrogen and oxygen atoms in total. The molecule has 2 N–H and O–H groups in total. The highest BCUT2D eigenvalue weighted by atomic mass is 32.1. The van der Waals surface area contributed by atoms with E-state index in [1.165, 1.54) is 11.3 Å². The van der Waals surface area contributed by atoms with Gasteiger partial charge in [0, 0.05) is 11.3 Å². The molecule has 0 spiro atoms. The number of nitrogens with zero attached hydrogens (tertiary/aromatic N) is 1. The van der Waals surface area contributed by atoms with Gasteiger partial charge in [0.1, 0.15) is 5.69 Å². The first-order valence-corrected chi connectivity index (χ1v) is 4.24. The number of thiazole rings is 1. The third kappa shape index (κ3) is 1.77. The number of carbonyl (C=O) groups excluding carboxylic acids is 1. The molecule has 1 amide bonds. The molecule has 0 aromatic carbocycles. The topological polar surface area (TPSA) is 56.0 Å². The van der Waals surface area contributed by atoms with Gasteiger partial charge in [-0.15, -0.1) is 11.3 Å². The van der Waals surface area contributed by atoms with Crippen molar-refractivity contribution < 1.29 is 4.79 Å². The fourth-order valence-electron chi connectivity index (χ4n) is 0.666. The second-order valence-corrected chi connectivity index (χ2v) is 3.48. The first-order valence-electron chi connectivity index (χ1n) is 3.36. The summed E-state index contributed by atoms with van der Waals surface area (Å²) in [5.41, 5.74) is 5.41. The summed E-state index contributed by atoms with van der Waals surface area (Å²) in [6, 6.07) is 0. The van der Waals surface area contributed by atoms with Gasteiger partial charge in [0.2, 0.25) is 0 Å². The number of aromatic nitrogens is 1. The van der Waals surface area contributed by atoms with Crippen LogP contribution in [0.4, 0.5) is 0 Å². The van der Waals surface area contributed by atoms with E-state index < -0.39 is 5.91 Å². The fourth-order valence-corrected chi connectivity index (χ4v) is 1.49. The molecule has 0 aliphatic heterocycles. The normalized spacial score (nSPS) is 10.5. The van der Waals surface area contributed by atoms with Crippen LogP contribution < -0.4 is 5.73 Å². The number of rotatable bonds is 2. The van der Waals surface area contributed by atoms with Crippen LogP contribution in [0.25, 0.3) is 0 Å². The summed E-state index contributed by atoms with van der Waals surface area (Å²) >= 11 is 1.47. The Balaban J connectivity index is 2.90. The highest BCUT2D eigenvalue weighted by Crippen LogP contribution is 2.18. The van der Waals surface area contributed by atoms with Gasteiger partial charge in [0.25, 0.3) is 5.91 Å². The largest absolute Gasteiger partial charge is 0.364 e. The van der Waals surface area contributed by atoms with Gasteiger partial charge in [-0.05, 0) is 0 Å². The van der Waals surface area contributed by atoms with Crippen LogP contribution in [0.2, 0.25) is 0 Å². The van der Waals surface area contributed by atoms with Crippen molar-refractivity contribution in [2.24, 2.45) is 5.73 Å². The summed E-state index contributed by atoms with van der Waals surface area (Å²) in [5.74, 6) is -0.0822. The van der Waals surface area contributed by atoms with E-state index in [0.717, 1.165) is 5.01 Å². The van der Waals surface area contributed by atoms with Crippen molar-refractivity contribution in [3.63, 3.8) is 0 Å². The van der Waals surface area contributed by atoms with Crippen LogP contribution >= 0.6 is 11.3 Å². The summed E-state index contributed by atoms with van der Waals surface area (Å²) in [5, 5.41) is 2.65. The number of hydrogen-bond acceptors (Lipinski definition) is 3. The smallest absolute Gasteiger partial charge is 0.268 e. The van der Waals surface area contributed by atoms with Crippen LogP contribution in [0.15, 0.2) is 5.38 Å². The molecule has 0 fully saturated rings. The fraction of sp³-hybridized carbons (Fsp3) is 0.429. The molecule has 1 aromatic rings. The maximum absolute atomic E-state index is 10.6. The predicted molar refractivity (Wildman–Crippen MR) is 44.7 cm³/mol. The lowest BCUT2D eigenvalue weighted by Gasteiger charge is -1.95. The second kappa shape index (κ2) is 3.00. The van der Waals surface area contributed by atoms with Crippen LogP contribution in [0, 0.1) is 0 Å². The molecule has 0 aliphatic carbocycles. The first-order chi connectivity index (χ1) is 5.11. The van der Waals surface area contributed by atoms with Crippen molar-refractivity contribution in [3.8, 4) is 0 Å². The Morgan fingerprint density at radius 3 is 2.64 bits per heavy atom. The Labute approximate surface area is 69.3 Å². The molecule has 0 aliphatic rings. The molecule has 0 saturated heterocycles. The lowest BCUT2D eigenvalue weighted by atomic mass is 10.2. The van der Waals surface area contributed by atoms with E-state index in [9.17, 15) is 4.79 Å². The van der Waals surface area contributed by atoms with Crippen molar-refractivity contribution in [1.29, 1.82) is 0 Å². The summed E-state index contributed by atoms with van der Waals surface area (Å²) in [7, 11) is 0. The standard InChI is InChI=1S/C7H10N2OS/c1-4(2)7-9-5(3-11-7)6(8)10/h3-4H,1-2H3,(H2,8,10). The number of nitrogens with two attached hydrogens (primary N) is 1. The van der Waals surface area contributed by atoms with E-state index in [-0.39, 0.29) is 0 Å². The zero-order chi connectivity index (χ0) is 8.43. The summed E-state index contributed by atoms with van der Waals surface area (Å²) in [4.78, 5) is 14.7. The van der Waals surface area contributed by atoms with E-state index in [1.807, 2.05) is 13.8 Å². The van der Waals surface area contributed by atoms with Gasteiger partial charge in [-0.2, -0.15) is 0 Å². The Hall–Kier alpha value is -0.900. The van der Waals surface area contributed by atoms with Gasteiger partial charge in [-0.1, -0.05) is 13.8 Å². The molecule has 1 aromatic heterocycles. The Morgan fingerprint density at radius 2 is 2.36 bits per heavy atom. The van der Waals surface area contributed by atoms with Gasteiger partial charge in [0.05, 0.1) is 5.01 Å². The Bertz CT molecular complexity index is 267.